The molecule has 0 bridgehead atoms. The number of aryl methyl sites for hydroxylation is 1. The molecule has 1 unspecified atom stereocenters. The summed E-state index contributed by atoms with van der Waals surface area (Å²) in [5.41, 5.74) is 4.76. The van der Waals surface area contributed by atoms with E-state index in [4.69, 9.17) is 16.6 Å². The van der Waals surface area contributed by atoms with Gasteiger partial charge in [-0.1, -0.05) is 59.6 Å². The minimum atomic E-state index is 0.218. The van der Waals surface area contributed by atoms with Crippen molar-refractivity contribution in [2.24, 2.45) is 4.99 Å². The van der Waals surface area contributed by atoms with Gasteiger partial charge in [0.05, 0.1) is 17.8 Å². The fourth-order valence-electron chi connectivity index (χ4n) is 3.97. The highest BCUT2D eigenvalue weighted by Gasteiger charge is 2.27. The summed E-state index contributed by atoms with van der Waals surface area (Å²) >= 11 is 6.32. The average Bonchev–Trinajstić information content (AvgIpc) is 2.76. The monoisotopic (exact) mass is 403 g/mol. The zero-order valence-electron chi connectivity index (χ0n) is 16.7. The second-order valence-electron chi connectivity index (χ2n) is 7.67. The number of aliphatic imine (C=N–C) groups is 1. The van der Waals surface area contributed by atoms with Gasteiger partial charge >= 0.3 is 0 Å². The van der Waals surface area contributed by atoms with Gasteiger partial charge in [0.15, 0.2) is 0 Å². The molecule has 4 rings (SSSR count). The predicted molar refractivity (Wildman–Crippen MR) is 121 cm³/mol. The maximum atomic E-state index is 6.32. The van der Waals surface area contributed by atoms with E-state index in [0.29, 0.717) is 6.04 Å². The van der Waals surface area contributed by atoms with Crippen LogP contribution >= 0.6 is 11.6 Å². The van der Waals surface area contributed by atoms with Crippen molar-refractivity contribution in [2.75, 3.05) is 13.1 Å². The quantitative estimate of drug-likeness (QED) is 0.510. The van der Waals surface area contributed by atoms with Crippen LogP contribution in [0.15, 0.2) is 77.9 Å². The summed E-state index contributed by atoms with van der Waals surface area (Å²) in [7, 11) is 0. The predicted octanol–water partition coefficient (Wildman–Crippen LogP) is 5.72. The minimum absolute atomic E-state index is 0.218. The van der Waals surface area contributed by atoms with Crippen LogP contribution in [0.3, 0.4) is 0 Å². The molecule has 1 aliphatic rings. The van der Waals surface area contributed by atoms with E-state index in [-0.39, 0.29) is 6.04 Å². The van der Waals surface area contributed by atoms with Gasteiger partial charge < -0.3 is 0 Å². The molecule has 1 aliphatic heterocycles. The van der Waals surface area contributed by atoms with Crippen LogP contribution < -0.4 is 0 Å². The first-order valence-corrected chi connectivity index (χ1v) is 10.6. The lowest BCUT2D eigenvalue weighted by Gasteiger charge is -2.37. The SMILES string of the molecule is Cc1ccc(C(c2cccc(Cl)c2)N2CCC(/N=C/c3ccccn3)CC2)cc1. The molecule has 0 saturated carbocycles. The van der Waals surface area contributed by atoms with Gasteiger partial charge in [0, 0.05) is 30.5 Å². The summed E-state index contributed by atoms with van der Waals surface area (Å²) in [5.74, 6) is 0. The number of likely N-dealkylation sites (tertiary alicyclic amines) is 1. The van der Waals surface area contributed by atoms with Gasteiger partial charge in [-0.15, -0.1) is 0 Å². The van der Waals surface area contributed by atoms with E-state index >= 15 is 0 Å². The van der Waals surface area contributed by atoms with Crippen LogP contribution in [0.2, 0.25) is 5.02 Å². The summed E-state index contributed by atoms with van der Waals surface area (Å²) in [6.07, 6.45) is 5.81. The molecule has 29 heavy (non-hydrogen) atoms. The lowest BCUT2D eigenvalue weighted by atomic mass is 9.93. The van der Waals surface area contributed by atoms with Crippen molar-refractivity contribution in [2.45, 2.75) is 31.8 Å². The van der Waals surface area contributed by atoms with Crippen LogP contribution in [0, 0.1) is 6.92 Å². The number of rotatable bonds is 5. The lowest BCUT2D eigenvalue weighted by Crippen LogP contribution is -2.38. The van der Waals surface area contributed by atoms with Crippen molar-refractivity contribution < 1.29 is 0 Å². The van der Waals surface area contributed by atoms with Gasteiger partial charge in [-0.05, 0) is 55.2 Å². The molecule has 0 N–H and O–H groups in total. The Morgan fingerprint density at radius 2 is 1.79 bits per heavy atom. The topological polar surface area (TPSA) is 28.5 Å². The Hall–Kier alpha value is -2.49. The fraction of sp³-hybridized carbons (Fsp3) is 0.280. The highest BCUT2D eigenvalue weighted by Crippen LogP contribution is 2.33. The van der Waals surface area contributed by atoms with E-state index in [0.717, 1.165) is 36.6 Å². The number of halogens is 1. The first-order valence-electron chi connectivity index (χ1n) is 10.2. The van der Waals surface area contributed by atoms with E-state index in [9.17, 15) is 0 Å². The van der Waals surface area contributed by atoms with Gasteiger partial charge in [-0.2, -0.15) is 0 Å². The summed E-state index contributed by atoms with van der Waals surface area (Å²) in [6, 6.07) is 23.6. The lowest BCUT2D eigenvalue weighted by molar-refractivity contribution is 0.175. The van der Waals surface area contributed by atoms with Crippen LogP contribution in [0.5, 0.6) is 0 Å². The summed E-state index contributed by atoms with van der Waals surface area (Å²) < 4.78 is 0. The maximum Gasteiger partial charge on any atom is 0.0807 e. The molecule has 2 heterocycles. The number of hydrogen-bond donors (Lipinski definition) is 0. The summed E-state index contributed by atoms with van der Waals surface area (Å²) in [6.45, 7) is 4.15. The highest BCUT2D eigenvalue weighted by molar-refractivity contribution is 6.30. The average molecular weight is 404 g/mol. The molecule has 4 heteroatoms. The molecule has 0 aliphatic carbocycles. The number of nitrogens with zero attached hydrogens (tertiary/aromatic N) is 3. The molecule has 3 nitrogen and oxygen atoms in total. The number of benzene rings is 2. The highest BCUT2D eigenvalue weighted by atomic mass is 35.5. The molecule has 1 aromatic heterocycles. The molecule has 3 aromatic rings. The largest absolute Gasteiger partial charge is 0.292 e. The molecule has 2 aromatic carbocycles. The Bertz CT molecular complexity index is 945. The molecule has 0 radical (unpaired) electrons. The van der Waals surface area contributed by atoms with Gasteiger partial charge in [-0.25, -0.2) is 0 Å². The van der Waals surface area contributed by atoms with Crippen molar-refractivity contribution in [3.63, 3.8) is 0 Å². The van der Waals surface area contributed by atoms with Gasteiger partial charge in [0.1, 0.15) is 0 Å². The molecule has 1 saturated heterocycles. The second-order valence-corrected chi connectivity index (χ2v) is 8.10. The van der Waals surface area contributed by atoms with E-state index in [2.05, 4.69) is 53.2 Å². The number of aromatic nitrogens is 1. The zero-order chi connectivity index (χ0) is 20.1. The fourth-order valence-corrected chi connectivity index (χ4v) is 4.17. The molecular weight excluding hydrogens is 378 g/mol. The van der Waals surface area contributed by atoms with Gasteiger partial charge in [0.2, 0.25) is 0 Å². The molecular formula is C25H26ClN3. The standard InChI is InChI=1S/C25H26ClN3/c1-19-8-10-20(11-9-19)25(21-5-4-6-22(26)17-21)29-15-12-23(13-16-29)28-18-24-7-2-3-14-27-24/h2-11,14,17-18,23,25H,12-13,15-16H2,1H3/b28-18+. The van der Waals surface area contributed by atoms with E-state index < -0.39 is 0 Å². The number of piperidine rings is 1. The van der Waals surface area contributed by atoms with Crippen molar-refractivity contribution in [3.05, 3.63) is 100 Å². The van der Waals surface area contributed by atoms with E-state index in [1.165, 1.54) is 16.7 Å². The van der Waals surface area contributed by atoms with Crippen LogP contribution in [0.25, 0.3) is 0 Å². The van der Waals surface area contributed by atoms with Crippen molar-refractivity contribution in [3.8, 4) is 0 Å². The van der Waals surface area contributed by atoms with E-state index in [1.807, 2.05) is 36.5 Å². The van der Waals surface area contributed by atoms with Crippen LogP contribution in [0.1, 0.15) is 41.3 Å². The summed E-state index contributed by atoms with van der Waals surface area (Å²) in [4.78, 5) is 11.7. The van der Waals surface area contributed by atoms with Gasteiger partial charge in [-0.3, -0.25) is 14.9 Å². The maximum absolute atomic E-state index is 6.32. The second kappa shape index (κ2) is 9.34. The Morgan fingerprint density at radius 1 is 1.00 bits per heavy atom. The molecule has 1 fully saturated rings. The van der Waals surface area contributed by atoms with Gasteiger partial charge in [0.25, 0.3) is 0 Å². The zero-order valence-corrected chi connectivity index (χ0v) is 17.5. The normalized spacial score (nSPS) is 16.9. The number of pyridine rings is 1. The smallest absolute Gasteiger partial charge is 0.0807 e. The third-order valence-corrected chi connectivity index (χ3v) is 5.76. The third-order valence-electron chi connectivity index (χ3n) is 5.53. The Morgan fingerprint density at radius 3 is 2.48 bits per heavy atom. The summed E-state index contributed by atoms with van der Waals surface area (Å²) in [5, 5.41) is 0.787. The Balaban J connectivity index is 1.50. The van der Waals surface area contributed by atoms with Crippen LogP contribution in [-0.2, 0) is 0 Å². The molecule has 148 valence electrons. The molecule has 1 atom stereocenters. The van der Waals surface area contributed by atoms with Crippen LogP contribution in [0.4, 0.5) is 0 Å². The number of hydrogen-bond acceptors (Lipinski definition) is 3. The first kappa shape index (κ1) is 19.8. The molecule has 0 spiro atoms. The van der Waals surface area contributed by atoms with Crippen LogP contribution in [-0.4, -0.2) is 35.2 Å². The first-order chi connectivity index (χ1) is 14.2. The Kier molecular flexibility index (Phi) is 6.38. The third kappa shape index (κ3) is 5.11. The molecule has 0 amide bonds. The Labute approximate surface area is 178 Å². The van der Waals surface area contributed by atoms with Crippen molar-refractivity contribution >= 4 is 17.8 Å². The van der Waals surface area contributed by atoms with Crippen molar-refractivity contribution in [1.82, 2.24) is 9.88 Å². The minimum Gasteiger partial charge on any atom is -0.292 e. The van der Waals surface area contributed by atoms with E-state index in [1.54, 1.807) is 6.20 Å². The van der Waals surface area contributed by atoms with Crippen molar-refractivity contribution in [1.29, 1.82) is 0 Å².